The van der Waals surface area contributed by atoms with E-state index in [1.165, 1.54) is 12.1 Å². The molecule has 0 aromatic heterocycles. The van der Waals surface area contributed by atoms with E-state index < -0.39 is 16.0 Å². The number of carbonyl (C=O) groups is 1. The number of aromatic carboxylic acids is 1. The monoisotopic (exact) mass is 295 g/mol. The van der Waals surface area contributed by atoms with Gasteiger partial charge in [-0.25, -0.2) is 17.9 Å². The van der Waals surface area contributed by atoms with Gasteiger partial charge in [-0.1, -0.05) is 25.1 Å². The Hall–Kier alpha value is -1.66. The van der Waals surface area contributed by atoms with E-state index in [1.807, 2.05) is 19.1 Å². The van der Waals surface area contributed by atoms with Crippen LogP contribution in [0.4, 0.5) is 0 Å². The van der Waals surface area contributed by atoms with Crippen molar-refractivity contribution in [1.29, 1.82) is 0 Å². The Bertz CT molecular complexity index is 641. The number of hydrogen-bond acceptors (Lipinski definition) is 3. The predicted molar refractivity (Wildman–Crippen MR) is 75.3 cm³/mol. The number of aryl methyl sites for hydroxylation is 1. The average molecular weight is 295 g/mol. The summed E-state index contributed by atoms with van der Waals surface area (Å²) in [6.45, 7) is 1.83. The molecule has 0 atom stereocenters. The molecule has 0 spiro atoms. The van der Waals surface area contributed by atoms with Crippen LogP contribution in [-0.2, 0) is 16.4 Å². The molecule has 0 saturated carbocycles. The van der Waals surface area contributed by atoms with Crippen molar-refractivity contribution in [2.75, 3.05) is 0 Å². The zero-order chi connectivity index (χ0) is 14.8. The number of sulfonamides is 1. The molecule has 1 aromatic carbocycles. The van der Waals surface area contributed by atoms with Gasteiger partial charge in [-0.2, -0.15) is 0 Å². The lowest BCUT2D eigenvalue weighted by Crippen LogP contribution is -2.33. The highest BCUT2D eigenvalue weighted by Gasteiger charge is 2.22. The fraction of sp³-hybridized carbons (Fsp3) is 0.357. The lowest BCUT2D eigenvalue weighted by atomic mass is 10.1. The Morgan fingerprint density at radius 3 is 2.55 bits per heavy atom. The zero-order valence-corrected chi connectivity index (χ0v) is 12.0. The van der Waals surface area contributed by atoms with Crippen molar-refractivity contribution in [3.8, 4) is 0 Å². The number of rotatable bonds is 5. The first-order valence-corrected chi connectivity index (χ1v) is 7.96. The van der Waals surface area contributed by atoms with Crippen LogP contribution in [0.2, 0.25) is 0 Å². The molecule has 0 radical (unpaired) electrons. The number of carboxylic acid groups (broad SMARTS) is 1. The second-order valence-electron chi connectivity index (χ2n) is 4.74. The lowest BCUT2D eigenvalue weighted by molar-refractivity contribution is 0.0695. The molecule has 0 heterocycles. The predicted octanol–water partition coefficient (Wildman–Crippen LogP) is 1.94. The Balaban J connectivity index is 2.31. The molecular weight excluding hydrogens is 278 g/mol. The van der Waals surface area contributed by atoms with Gasteiger partial charge in [0.05, 0.1) is 10.5 Å². The van der Waals surface area contributed by atoms with Crippen LogP contribution in [-0.4, -0.2) is 25.5 Å². The van der Waals surface area contributed by atoms with Crippen LogP contribution in [0.3, 0.4) is 0 Å². The van der Waals surface area contributed by atoms with E-state index in [-0.39, 0.29) is 16.5 Å². The van der Waals surface area contributed by atoms with Crippen molar-refractivity contribution < 1.29 is 18.3 Å². The van der Waals surface area contributed by atoms with Gasteiger partial charge in [0.2, 0.25) is 10.0 Å². The Kier molecular flexibility index (Phi) is 4.25. The minimum atomic E-state index is -3.68. The maximum atomic E-state index is 12.2. The highest BCUT2D eigenvalue weighted by atomic mass is 32.2. The number of nitrogens with one attached hydrogen (secondary N) is 1. The van der Waals surface area contributed by atoms with Crippen LogP contribution >= 0.6 is 0 Å². The molecule has 0 unspecified atom stereocenters. The van der Waals surface area contributed by atoms with Crippen molar-refractivity contribution >= 4 is 16.0 Å². The minimum absolute atomic E-state index is 0.000926. The number of benzene rings is 1. The molecule has 0 bridgehead atoms. The van der Waals surface area contributed by atoms with Crippen molar-refractivity contribution in [2.24, 2.45) is 0 Å². The second kappa shape index (κ2) is 5.76. The quantitative estimate of drug-likeness (QED) is 0.813. The summed E-state index contributed by atoms with van der Waals surface area (Å²) in [5.41, 5.74) is 0.666. The summed E-state index contributed by atoms with van der Waals surface area (Å²) in [7, 11) is -3.68. The van der Waals surface area contributed by atoms with Crippen molar-refractivity contribution in [1.82, 2.24) is 4.72 Å². The Morgan fingerprint density at radius 2 is 2.00 bits per heavy atom. The highest BCUT2D eigenvalue weighted by Crippen LogP contribution is 2.19. The number of hydrogen-bond donors (Lipinski definition) is 2. The van der Waals surface area contributed by atoms with Gasteiger partial charge < -0.3 is 5.11 Å². The number of carboxylic acids is 1. The average Bonchev–Trinajstić information content (AvgIpc) is 2.89. The molecule has 0 amide bonds. The van der Waals surface area contributed by atoms with Crippen LogP contribution in [0.1, 0.15) is 35.7 Å². The third-order valence-corrected chi connectivity index (χ3v) is 4.85. The van der Waals surface area contributed by atoms with E-state index in [4.69, 9.17) is 5.11 Å². The van der Waals surface area contributed by atoms with E-state index in [1.54, 1.807) is 6.07 Å². The molecule has 108 valence electrons. The third-order valence-electron chi connectivity index (χ3n) is 3.33. The van der Waals surface area contributed by atoms with Crippen molar-refractivity contribution in [2.45, 2.75) is 37.1 Å². The van der Waals surface area contributed by atoms with Crippen molar-refractivity contribution in [3.63, 3.8) is 0 Å². The molecule has 2 rings (SSSR count). The molecular formula is C14H17NO4S. The third kappa shape index (κ3) is 3.08. The molecule has 0 aliphatic heterocycles. The van der Waals surface area contributed by atoms with E-state index in [2.05, 4.69) is 4.72 Å². The second-order valence-corrected chi connectivity index (χ2v) is 6.45. The summed E-state index contributed by atoms with van der Waals surface area (Å²) >= 11 is 0. The maximum Gasteiger partial charge on any atom is 0.336 e. The molecule has 20 heavy (non-hydrogen) atoms. The summed E-state index contributed by atoms with van der Waals surface area (Å²) in [5.74, 6) is -1.11. The van der Waals surface area contributed by atoms with E-state index >= 15 is 0 Å². The van der Waals surface area contributed by atoms with E-state index in [0.29, 0.717) is 24.8 Å². The van der Waals surface area contributed by atoms with E-state index in [9.17, 15) is 13.2 Å². The first-order valence-electron chi connectivity index (χ1n) is 6.47. The largest absolute Gasteiger partial charge is 0.478 e. The molecule has 0 fully saturated rings. The van der Waals surface area contributed by atoms with Crippen LogP contribution < -0.4 is 4.72 Å². The standard InChI is InChI=1S/C14H17NO4S/c1-2-10-7-8-12(9-13(10)14(16)17)20(18,19)15-11-5-3-4-6-11/h3-4,7-9,11,15H,2,5-6H2,1H3,(H,16,17). The Morgan fingerprint density at radius 1 is 1.35 bits per heavy atom. The first kappa shape index (κ1) is 14.7. The van der Waals surface area contributed by atoms with Gasteiger partial charge >= 0.3 is 5.97 Å². The summed E-state index contributed by atoms with van der Waals surface area (Å²) in [6.07, 6.45) is 5.73. The van der Waals surface area contributed by atoms with Crippen LogP contribution in [0, 0.1) is 0 Å². The summed E-state index contributed by atoms with van der Waals surface area (Å²) in [4.78, 5) is 11.2. The van der Waals surface area contributed by atoms with Crippen molar-refractivity contribution in [3.05, 3.63) is 41.5 Å². The lowest BCUT2D eigenvalue weighted by Gasteiger charge is -2.13. The van der Waals surface area contributed by atoms with Gasteiger partial charge in [0.1, 0.15) is 0 Å². The molecule has 6 heteroatoms. The minimum Gasteiger partial charge on any atom is -0.478 e. The molecule has 5 nitrogen and oxygen atoms in total. The van der Waals surface area contributed by atoms with Gasteiger partial charge in [-0.05, 0) is 37.0 Å². The molecule has 1 aromatic rings. The molecule has 0 saturated heterocycles. The van der Waals surface area contributed by atoms with Gasteiger partial charge in [0, 0.05) is 6.04 Å². The zero-order valence-electron chi connectivity index (χ0n) is 11.2. The van der Waals surface area contributed by atoms with Crippen LogP contribution in [0.25, 0.3) is 0 Å². The van der Waals surface area contributed by atoms with Gasteiger partial charge in [0.25, 0.3) is 0 Å². The maximum absolute atomic E-state index is 12.2. The molecule has 1 aliphatic carbocycles. The normalized spacial score (nSPS) is 15.7. The summed E-state index contributed by atoms with van der Waals surface area (Å²) in [5, 5.41) is 9.15. The molecule has 1 aliphatic rings. The Labute approximate surface area is 118 Å². The van der Waals surface area contributed by atoms with Gasteiger partial charge in [-0.15, -0.1) is 0 Å². The first-order chi connectivity index (χ1) is 9.44. The fourth-order valence-electron chi connectivity index (χ4n) is 2.23. The smallest absolute Gasteiger partial charge is 0.336 e. The SMILES string of the molecule is CCc1ccc(S(=O)(=O)NC2CC=CC2)cc1C(=O)O. The summed E-state index contributed by atoms with van der Waals surface area (Å²) in [6, 6.07) is 4.10. The van der Waals surface area contributed by atoms with Crippen LogP contribution in [0.15, 0.2) is 35.2 Å². The highest BCUT2D eigenvalue weighted by molar-refractivity contribution is 7.89. The van der Waals surface area contributed by atoms with Gasteiger partial charge in [-0.3, -0.25) is 0 Å². The van der Waals surface area contributed by atoms with Gasteiger partial charge in [0.15, 0.2) is 0 Å². The fourth-order valence-corrected chi connectivity index (χ4v) is 3.52. The topological polar surface area (TPSA) is 83.5 Å². The van der Waals surface area contributed by atoms with E-state index in [0.717, 1.165) is 0 Å². The summed E-state index contributed by atoms with van der Waals surface area (Å²) < 4.78 is 27.1. The molecule has 2 N–H and O–H groups in total. The van der Waals surface area contributed by atoms with Crippen LogP contribution in [0.5, 0.6) is 0 Å².